The van der Waals surface area contributed by atoms with E-state index in [0.29, 0.717) is 18.9 Å². The number of hydrogen-bond donors (Lipinski definition) is 1. The molecule has 1 amide bonds. The average molecular weight is 327 g/mol. The van der Waals surface area contributed by atoms with Crippen LogP contribution in [-0.4, -0.2) is 16.9 Å². The van der Waals surface area contributed by atoms with Crippen LogP contribution in [0, 0.1) is 0 Å². The van der Waals surface area contributed by atoms with Crippen molar-refractivity contribution in [3.63, 3.8) is 0 Å². The number of benzene rings is 1. The van der Waals surface area contributed by atoms with Gasteiger partial charge in [-0.1, -0.05) is 39.0 Å². The van der Waals surface area contributed by atoms with Crippen LogP contribution in [0.2, 0.25) is 0 Å². The number of oxazole rings is 1. The van der Waals surface area contributed by atoms with Crippen molar-refractivity contribution >= 4 is 11.6 Å². The number of anilines is 1. The SMILES string of the molecule is C[C@@H]1C[C@@H](C(N)=O)c2ccccc2N1Cc1ncc(C(C)(C)C)o1. The van der Waals surface area contributed by atoms with Gasteiger partial charge < -0.3 is 15.1 Å². The van der Waals surface area contributed by atoms with Gasteiger partial charge in [0.15, 0.2) is 0 Å². The second-order valence-corrected chi connectivity index (χ2v) is 7.59. The molecule has 0 spiro atoms. The lowest BCUT2D eigenvalue weighted by Crippen LogP contribution is -2.41. The van der Waals surface area contributed by atoms with Crippen LogP contribution in [0.3, 0.4) is 0 Å². The molecule has 1 aliphatic rings. The van der Waals surface area contributed by atoms with E-state index in [1.54, 1.807) is 0 Å². The molecular formula is C19H25N3O2. The Morgan fingerprint density at radius 2 is 2.08 bits per heavy atom. The Labute approximate surface area is 142 Å². The molecule has 1 aromatic carbocycles. The Hall–Kier alpha value is -2.30. The normalized spacial score (nSPS) is 20.8. The largest absolute Gasteiger partial charge is 0.443 e. The van der Waals surface area contributed by atoms with Gasteiger partial charge in [0.25, 0.3) is 0 Å². The van der Waals surface area contributed by atoms with Gasteiger partial charge in [-0.05, 0) is 25.0 Å². The average Bonchev–Trinajstić information content (AvgIpc) is 2.98. The van der Waals surface area contributed by atoms with E-state index in [0.717, 1.165) is 17.0 Å². The fraction of sp³-hybridized carbons (Fsp3) is 0.474. The molecular weight excluding hydrogens is 302 g/mol. The van der Waals surface area contributed by atoms with Crippen molar-refractivity contribution in [2.75, 3.05) is 4.90 Å². The van der Waals surface area contributed by atoms with Gasteiger partial charge in [-0.25, -0.2) is 4.98 Å². The first kappa shape index (κ1) is 16.6. The number of aromatic nitrogens is 1. The van der Waals surface area contributed by atoms with Crippen LogP contribution < -0.4 is 10.6 Å². The number of fused-ring (bicyclic) bond motifs is 1. The molecule has 128 valence electrons. The van der Waals surface area contributed by atoms with Crippen LogP contribution >= 0.6 is 0 Å². The summed E-state index contributed by atoms with van der Waals surface area (Å²) in [5.74, 6) is 1.08. The van der Waals surface area contributed by atoms with Crippen LogP contribution in [0.25, 0.3) is 0 Å². The molecule has 0 aliphatic carbocycles. The lowest BCUT2D eigenvalue weighted by atomic mass is 9.85. The molecule has 2 heterocycles. The highest BCUT2D eigenvalue weighted by molar-refractivity contribution is 5.85. The molecule has 5 nitrogen and oxygen atoms in total. The Bertz CT molecular complexity index is 745. The molecule has 5 heteroatoms. The number of para-hydroxylation sites is 1. The summed E-state index contributed by atoms with van der Waals surface area (Å²) in [5.41, 5.74) is 7.57. The first-order valence-electron chi connectivity index (χ1n) is 8.37. The maximum Gasteiger partial charge on any atom is 0.225 e. The van der Waals surface area contributed by atoms with Gasteiger partial charge in [-0.15, -0.1) is 0 Å². The molecule has 0 saturated carbocycles. The van der Waals surface area contributed by atoms with Crippen LogP contribution in [-0.2, 0) is 16.8 Å². The highest BCUT2D eigenvalue weighted by atomic mass is 16.4. The first-order valence-corrected chi connectivity index (χ1v) is 8.37. The smallest absolute Gasteiger partial charge is 0.225 e. The minimum atomic E-state index is -0.264. The Morgan fingerprint density at radius 1 is 1.38 bits per heavy atom. The highest BCUT2D eigenvalue weighted by Gasteiger charge is 2.33. The number of carbonyl (C=O) groups excluding carboxylic acids is 1. The lowest BCUT2D eigenvalue weighted by Gasteiger charge is -2.39. The number of amides is 1. The second kappa shape index (κ2) is 5.96. The molecule has 3 rings (SSSR count). The van der Waals surface area contributed by atoms with Crippen LogP contribution in [0.1, 0.15) is 57.2 Å². The van der Waals surface area contributed by atoms with Gasteiger partial charge in [-0.3, -0.25) is 4.79 Å². The third-order valence-electron chi connectivity index (χ3n) is 4.67. The second-order valence-electron chi connectivity index (χ2n) is 7.59. The van der Waals surface area contributed by atoms with E-state index in [2.05, 4.69) is 37.6 Å². The van der Waals surface area contributed by atoms with Crippen molar-refractivity contribution in [1.82, 2.24) is 4.98 Å². The third-order valence-corrected chi connectivity index (χ3v) is 4.67. The van der Waals surface area contributed by atoms with Crippen LogP contribution in [0.4, 0.5) is 5.69 Å². The van der Waals surface area contributed by atoms with E-state index in [-0.39, 0.29) is 23.3 Å². The fourth-order valence-electron chi connectivity index (χ4n) is 3.26. The van der Waals surface area contributed by atoms with Crippen molar-refractivity contribution in [3.8, 4) is 0 Å². The summed E-state index contributed by atoms with van der Waals surface area (Å²) in [5, 5.41) is 0. The van der Waals surface area contributed by atoms with Crippen molar-refractivity contribution < 1.29 is 9.21 Å². The zero-order valence-corrected chi connectivity index (χ0v) is 14.7. The summed E-state index contributed by atoms with van der Waals surface area (Å²) in [6.07, 6.45) is 2.52. The molecule has 0 radical (unpaired) electrons. The van der Waals surface area contributed by atoms with Crippen molar-refractivity contribution in [2.24, 2.45) is 5.73 Å². The van der Waals surface area contributed by atoms with Crippen molar-refractivity contribution in [1.29, 1.82) is 0 Å². The zero-order chi connectivity index (χ0) is 17.5. The third kappa shape index (κ3) is 3.03. The fourth-order valence-corrected chi connectivity index (χ4v) is 3.26. The Balaban J connectivity index is 1.92. The predicted octanol–water partition coefficient (Wildman–Crippen LogP) is 3.34. The molecule has 0 bridgehead atoms. The van der Waals surface area contributed by atoms with E-state index in [1.165, 1.54) is 0 Å². The van der Waals surface area contributed by atoms with E-state index in [9.17, 15) is 4.79 Å². The van der Waals surface area contributed by atoms with Crippen LogP contribution in [0.5, 0.6) is 0 Å². The van der Waals surface area contributed by atoms with Gasteiger partial charge in [0.2, 0.25) is 11.8 Å². The maximum atomic E-state index is 11.8. The number of hydrogen-bond acceptors (Lipinski definition) is 4. The minimum absolute atomic E-state index is 0.0618. The molecule has 1 aliphatic heterocycles. The van der Waals surface area contributed by atoms with Gasteiger partial charge in [-0.2, -0.15) is 0 Å². The van der Waals surface area contributed by atoms with E-state index in [4.69, 9.17) is 10.2 Å². The molecule has 0 unspecified atom stereocenters. The number of rotatable bonds is 3. The van der Waals surface area contributed by atoms with Gasteiger partial charge >= 0.3 is 0 Å². The topological polar surface area (TPSA) is 72.4 Å². The molecule has 2 N–H and O–H groups in total. The summed E-state index contributed by atoms with van der Waals surface area (Å²) in [4.78, 5) is 18.5. The minimum Gasteiger partial charge on any atom is -0.443 e. The quantitative estimate of drug-likeness (QED) is 0.938. The summed E-state index contributed by atoms with van der Waals surface area (Å²) in [7, 11) is 0. The summed E-state index contributed by atoms with van der Waals surface area (Å²) < 4.78 is 5.94. The molecule has 0 fully saturated rings. The monoisotopic (exact) mass is 327 g/mol. The summed E-state index contributed by atoms with van der Waals surface area (Å²) in [6.45, 7) is 9.01. The maximum absolute atomic E-state index is 11.8. The number of carbonyl (C=O) groups is 1. The summed E-state index contributed by atoms with van der Waals surface area (Å²) in [6, 6.07) is 8.14. The molecule has 2 aromatic rings. The highest BCUT2D eigenvalue weighted by Crippen LogP contribution is 2.39. The molecule has 1 aromatic heterocycles. The molecule has 24 heavy (non-hydrogen) atoms. The lowest BCUT2D eigenvalue weighted by molar-refractivity contribution is -0.119. The predicted molar refractivity (Wildman–Crippen MR) is 93.8 cm³/mol. The van der Waals surface area contributed by atoms with Crippen molar-refractivity contribution in [2.45, 2.75) is 58.0 Å². The summed E-state index contributed by atoms with van der Waals surface area (Å²) >= 11 is 0. The van der Waals surface area contributed by atoms with Crippen LogP contribution in [0.15, 0.2) is 34.9 Å². The molecule has 2 atom stereocenters. The van der Waals surface area contributed by atoms with Gasteiger partial charge in [0.05, 0.1) is 18.7 Å². The Morgan fingerprint density at radius 3 is 2.71 bits per heavy atom. The van der Waals surface area contributed by atoms with E-state index in [1.807, 2.05) is 30.5 Å². The molecule has 0 saturated heterocycles. The van der Waals surface area contributed by atoms with Gasteiger partial charge in [0, 0.05) is 17.1 Å². The van der Waals surface area contributed by atoms with Crippen molar-refractivity contribution in [3.05, 3.63) is 47.7 Å². The standard InChI is InChI=1S/C19H25N3O2/c1-12-9-14(18(20)23)13-7-5-6-8-15(13)22(12)11-17-21-10-16(24-17)19(2,3)4/h5-8,10,12,14H,9,11H2,1-4H3,(H2,20,23)/t12-,14-/m1/s1. The number of primary amides is 1. The Kier molecular flexibility index (Phi) is 4.11. The number of nitrogens with zero attached hydrogens (tertiary/aromatic N) is 2. The zero-order valence-electron chi connectivity index (χ0n) is 14.7. The van der Waals surface area contributed by atoms with E-state index < -0.39 is 0 Å². The first-order chi connectivity index (χ1) is 11.3. The van der Waals surface area contributed by atoms with Gasteiger partial charge in [0.1, 0.15) is 5.76 Å². The van der Waals surface area contributed by atoms with E-state index >= 15 is 0 Å². The number of nitrogens with two attached hydrogens (primary N) is 1.